The lowest BCUT2D eigenvalue weighted by Gasteiger charge is -2.44. The molecule has 1 heterocycles. The van der Waals surface area contributed by atoms with Crippen molar-refractivity contribution in [2.75, 3.05) is 31.6 Å². The highest BCUT2D eigenvalue weighted by atomic mass is 16.3. The molecule has 0 amide bonds. The molecule has 0 aliphatic carbocycles. The lowest BCUT2D eigenvalue weighted by Crippen LogP contribution is -2.52. The zero-order valence-corrected chi connectivity index (χ0v) is 12.6. The second kappa shape index (κ2) is 5.51. The van der Waals surface area contributed by atoms with Crippen molar-refractivity contribution in [3.05, 3.63) is 29.8 Å². The molecule has 3 nitrogen and oxygen atoms in total. The minimum atomic E-state index is 0.0598. The van der Waals surface area contributed by atoms with Gasteiger partial charge in [-0.2, -0.15) is 0 Å². The maximum atomic E-state index is 9.82. The van der Waals surface area contributed by atoms with Gasteiger partial charge >= 0.3 is 0 Å². The van der Waals surface area contributed by atoms with Crippen LogP contribution in [0, 0.1) is 6.92 Å². The number of aryl methyl sites for hydroxylation is 1. The van der Waals surface area contributed by atoms with Gasteiger partial charge in [0.25, 0.3) is 0 Å². The molecule has 0 spiro atoms. The summed E-state index contributed by atoms with van der Waals surface area (Å²) in [5.74, 6) is 0. The molecule has 0 saturated carbocycles. The van der Waals surface area contributed by atoms with E-state index in [0.717, 1.165) is 19.5 Å². The molecule has 1 aromatic carbocycles. The Morgan fingerprint density at radius 1 is 1.32 bits per heavy atom. The number of aliphatic hydroxyl groups is 1. The van der Waals surface area contributed by atoms with Crippen LogP contribution < -0.4 is 4.90 Å². The molecule has 1 aliphatic heterocycles. The number of likely N-dealkylation sites (N-methyl/N-ethyl adjacent to an activating group) is 1. The van der Waals surface area contributed by atoms with Gasteiger partial charge in [-0.05, 0) is 45.9 Å². The number of nitrogens with zero attached hydrogens (tertiary/aromatic N) is 2. The first-order valence-corrected chi connectivity index (χ1v) is 7.10. The highest BCUT2D eigenvalue weighted by Gasteiger charge is 2.36. The van der Waals surface area contributed by atoms with E-state index in [-0.39, 0.29) is 18.2 Å². The van der Waals surface area contributed by atoms with Crippen LogP contribution in [0.5, 0.6) is 0 Å². The molecule has 2 rings (SSSR count). The Hall–Kier alpha value is -1.06. The minimum Gasteiger partial charge on any atom is -0.394 e. The molecule has 0 radical (unpaired) electrons. The van der Waals surface area contributed by atoms with Crippen molar-refractivity contribution < 1.29 is 5.11 Å². The van der Waals surface area contributed by atoms with Crippen molar-refractivity contribution in [1.29, 1.82) is 0 Å². The Morgan fingerprint density at radius 2 is 2.00 bits per heavy atom. The summed E-state index contributed by atoms with van der Waals surface area (Å²) in [6.45, 7) is 8.89. The van der Waals surface area contributed by atoms with Gasteiger partial charge in [-0.25, -0.2) is 0 Å². The topological polar surface area (TPSA) is 26.7 Å². The number of benzene rings is 1. The van der Waals surface area contributed by atoms with Gasteiger partial charge < -0.3 is 14.9 Å². The number of aliphatic hydroxyl groups excluding tert-OH is 1. The predicted molar refractivity (Wildman–Crippen MR) is 80.7 cm³/mol. The van der Waals surface area contributed by atoms with Gasteiger partial charge in [-0.3, -0.25) is 0 Å². The number of rotatable bonds is 2. The Morgan fingerprint density at radius 3 is 2.63 bits per heavy atom. The lowest BCUT2D eigenvalue weighted by atomic mass is 9.95. The van der Waals surface area contributed by atoms with Crippen LogP contribution in [0.1, 0.15) is 25.8 Å². The Labute approximate surface area is 116 Å². The lowest BCUT2D eigenvalue weighted by molar-refractivity contribution is 0.224. The van der Waals surface area contributed by atoms with Crippen molar-refractivity contribution >= 4 is 5.69 Å². The van der Waals surface area contributed by atoms with Crippen LogP contribution in [0.25, 0.3) is 0 Å². The summed E-state index contributed by atoms with van der Waals surface area (Å²) in [4.78, 5) is 4.74. The van der Waals surface area contributed by atoms with Crippen LogP contribution in [-0.2, 0) is 0 Å². The first-order valence-electron chi connectivity index (χ1n) is 7.10. The molecule has 1 saturated heterocycles. The zero-order chi connectivity index (χ0) is 14.0. The number of hydrogen-bond acceptors (Lipinski definition) is 3. The summed E-state index contributed by atoms with van der Waals surface area (Å²) in [6.07, 6.45) is 1.11. The summed E-state index contributed by atoms with van der Waals surface area (Å²) >= 11 is 0. The minimum absolute atomic E-state index is 0.0598. The fourth-order valence-corrected chi connectivity index (χ4v) is 3.11. The highest BCUT2D eigenvalue weighted by molar-refractivity contribution is 5.56. The van der Waals surface area contributed by atoms with Gasteiger partial charge in [0.2, 0.25) is 0 Å². The van der Waals surface area contributed by atoms with E-state index < -0.39 is 0 Å². The molecular weight excluding hydrogens is 236 g/mol. The van der Waals surface area contributed by atoms with Crippen LogP contribution in [0.3, 0.4) is 0 Å². The van der Waals surface area contributed by atoms with Crippen molar-refractivity contribution in [2.45, 2.75) is 38.8 Å². The van der Waals surface area contributed by atoms with E-state index in [4.69, 9.17) is 0 Å². The van der Waals surface area contributed by atoms with Crippen LogP contribution in [0.2, 0.25) is 0 Å². The molecule has 106 valence electrons. The van der Waals surface area contributed by atoms with Crippen molar-refractivity contribution in [3.8, 4) is 0 Å². The number of anilines is 1. The summed E-state index contributed by atoms with van der Waals surface area (Å²) in [6, 6.07) is 8.63. The molecule has 1 atom stereocenters. The third-order valence-electron chi connectivity index (χ3n) is 4.23. The quantitative estimate of drug-likeness (QED) is 0.886. The SMILES string of the molecule is Cc1ccccc1N1C(CO)CN(C)CCC1(C)C. The van der Waals surface area contributed by atoms with Gasteiger partial charge in [0.05, 0.1) is 12.6 Å². The van der Waals surface area contributed by atoms with Crippen LogP contribution >= 0.6 is 0 Å². The third-order valence-corrected chi connectivity index (χ3v) is 4.23. The highest BCUT2D eigenvalue weighted by Crippen LogP contribution is 2.33. The smallest absolute Gasteiger partial charge is 0.0653 e. The fourth-order valence-electron chi connectivity index (χ4n) is 3.11. The molecule has 0 aromatic heterocycles. The molecule has 1 N–H and O–H groups in total. The predicted octanol–water partition coefficient (Wildman–Crippen LogP) is 2.28. The normalized spacial score (nSPS) is 24.3. The molecule has 3 heteroatoms. The van der Waals surface area contributed by atoms with Crippen molar-refractivity contribution in [2.24, 2.45) is 0 Å². The van der Waals surface area contributed by atoms with E-state index in [0.29, 0.717) is 0 Å². The van der Waals surface area contributed by atoms with Crippen LogP contribution in [0.15, 0.2) is 24.3 Å². The molecule has 1 fully saturated rings. The Bertz CT molecular complexity index is 431. The van der Waals surface area contributed by atoms with Crippen LogP contribution in [0.4, 0.5) is 5.69 Å². The first-order chi connectivity index (χ1) is 8.95. The zero-order valence-electron chi connectivity index (χ0n) is 12.6. The maximum absolute atomic E-state index is 9.82. The third kappa shape index (κ3) is 2.93. The average molecular weight is 262 g/mol. The van der Waals surface area contributed by atoms with E-state index in [1.54, 1.807) is 0 Å². The van der Waals surface area contributed by atoms with Gasteiger partial charge in [0.15, 0.2) is 0 Å². The Balaban J connectivity index is 2.44. The molecule has 19 heavy (non-hydrogen) atoms. The number of hydrogen-bond donors (Lipinski definition) is 1. The second-order valence-corrected chi connectivity index (χ2v) is 6.32. The standard InChI is InChI=1S/C16H26N2O/c1-13-7-5-6-8-15(13)18-14(12-19)11-17(4)10-9-16(18,2)3/h5-8,14,19H,9-12H2,1-4H3. The van der Waals surface area contributed by atoms with Gasteiger partial charge in [0, 0.05) is 24.3 Å². The summed E-state index contributed by atoms with van der Waals surface area (Å²) in [5, 5.41) is 9.82. The van der Waals surface area contributed by atoms with Crippen LogP contribution in [-0.4, -0.2) is 48.3 Å². The van der Waals surface area contributed by atoms with E-state index in [9.17, 15) is 5.11 Å². The largest absolute Gasteiger partial charge is 0.394 e. The van der Waals surface area contributed by atoms with Crippen molar-refractivity contribution in [3.63, 3.8) is 0 Å². The molecular formula is C16H26N2O. The molecule has 1 aliphatic rings. The van der Waals surface area contributed by atoms with Gasteiger partial charge in [-0.15, -0.1) is 0 Å². The van der Waals surface area contributed by atoms with E-state index in [1.807, 2.05) is 0 Å². The van der Waals surface area contributed by atoms with E-state index >= 15 is 0 Å². The monoisotopic (exact) mass is 262 g/mol. The summed E-state index contributed by atoms with van der Waals surface area (Å²) < 4.78 is 0. The van der Waals surface area contributed by atoms with E-state index in [2.05, 4.69) is 61.9 Å². The number of para-hydroxylation sites is 1. The molecule has 1 aromatic rings. The van der Waals surface area contributed by atoms with Crippen molar-refractivity contribution in [1.82, 2.24) is 4.90 Å². The maximum Gasteiger partial charge on any atom is 0.0653 e. The molecule has 1 unspecified atom stereocenters. The van der Waals surface area contributed by atoms with Gasteiger partial charge in [-0.1, -0.05) is 18.2 Å². The fraction of sp³-hybridized carbons (Fsp3) is 0.625. The first kappa shape index (κ1) is 14.4. The summed E-state index contributed by atoms with van der Waals surface area (Å²) in [5.41, 5.74) is 2.59. The van der Waals surface area contributed by atoms with E-state index in [1.165, 1.54) is 11.3 Å². The van der Waals surface area contributed by atoms with Gasteiger partial charge in [0.1, 0.15) is 0 Å². The second-order valence-electron chi connectivity index (χ2n) is 6.32. The Kier molecular flexibility index (Phi) is 4.16. The summed E-state index contributed by atoms with van der Waals surface area (Å²) in [7, 11) is 2.14. The molecule has 0 bridgehead atoms. The average Bonchev–Trinajstić information content (AvgIpc) is 2.48.